The van der Waals surface area contributed by atoms with Crippen LogP contribution in [-0.4, -0.2) is 108 Å². The summed E-state index contributed by atoms with van der Waals surface area (Å²) < 4.78 is 65.4. The van der Waals surface area contributed by atoms with Gasteiger partial charge in [0, 0.05) is 12.8 Å². The molecule has 1 aliphatic carbocycles. The molecule has 8 N–H and O–H groups in total. The van der Waals surface area contributed by atoms with Crippen molar-refractivity contribution < 1.29 is 90.6 Å². The highest BCUT2D eigenvalue weighted by atomic mass is 31.2. The van der Waals surface area contributed by atoms with Gasteiger partial charge in [0.05, 0.1) is 6.61 Å². The predicted octanol–water partition coefficient (Wildman–Crippen LogP) is 7.96. The zero-order valence-electron chi connectivity index (χ0n) is 37.7. The smallest absolute Gasteiger partial charge is 0.462 e. The number of hydrogen-bond acceptors (Lipinski definition) is 14. The van der Waals surface area contributed by atoms with Crippen molar-refractivity contribution in [2.45, 2.75) is 236 Å². The number of rotatable bonds is 40. The minimum absolute atomic E-state index is 0.00556. The number of aliphatic hydroxyl groups excluding tert-OH is 3. The molecule has 0 heterocycles. The van der Waals surface area contributed by atoms with Crippen LogP contribution in [0.2, 0.25) is 0 Å². The summed E-state index contributed by atoms with van der Waals surface area (Å²) in [5.41, 5.74) is 0. The number of ether oxygens (including phenoxy) is 2. The van der Waals surface area contributed by atoms with Crippen molar-refractivity contribution in [3.63, 3.8) is 0 Å². The van der Waals surface area contributed by atoms with Gasteiger partial charge in [0.1, 0.15) is 43.2 Å². The van der Waals surface area contributed by atoms with Crippen molar-refractivity contribution in [2.24, 2.45) is 0 Å². The third-order valence-corrected chi connectivity index (χ3v) is 12.9. The van der Waals surface area contributed by atoms with Crippen LogP contribution in [0.5, 0.6) is 0 Å². The summed E-state index contributed by atoms with van der Waals surface area (Å²) in [7, 11) is -16.6. The summed E-state index contributed by atoms with van der Waals surface area (Å²) in [6, 6.07) is 0. The first-order chi connectivity index (χ1) is 29.8. The van der Waals surface area contributed by atoms with E-state index in [2.05, 4.69) is 22.9 Å². The zero-order chi connectivity index (χ0) is 47.2. The molecule has 0 aliphatic heterocycles. The van der Waals surface area contributed by atoms with Gasteiger partial charge in [-0.25, -0.2) is 13.7 Å². The number of unbranched alkanes of at least 4 members (excludes halogenated alkanes) is 24. The molecule has 1 rings (SSSR count). The van der Waals surface area contributed by atoms with Crippen LogP contribution in [0.3, 0.4) is 0 Å². The summed E-state index contributed by atoms with van der Waals surface area (Å²) in [6.45, 7) is 2.94. The second-order valence-electron chi connectivity index (χ2n) is 16.7. The third kappa shape index (κ3) is 30.9. The molecule has 0 bridgehead atoms. The molecular weight excluding hydrogens is 889 g/mol. The van der Waals surface area contributed by atoms with Crippen LogP contribution < -0.4 is 0 Å². The first-order valence-corrected chi connectivity index (χ1v) is 27.9. The van der Waals surface area contributed by atoms with Crippen LogP contribution in [0.1, 0.15) is 194 Å². The van der Waals surface area contributed by atoms with Crippen molar-refractivity contribution in [2.75, 3.05) is 13.2 Å². The molecule has 0 radical (unpaired) electrons. The molecule has 1 saturated carbocycles. The van der Waals surface area contributed by atoms with Gasteiger partial charge in [0.2, 0.25) is 0 Å². The first kappa shape index (κ1) is 60.2. The second-order valence-corrected chi connectivity index (χ2v) is 20.5. The van der Waals surface area contributed by atoms with Gasteiger partial charge in [0.25, 0.3) is 0 Å². The molecule has 8 atom stereocenters. The van der Waals surface area contributed by atoms with Gasteiger partial charge in [-0.1, -0.05) is 168 Å². The van der Waals surface area contributed by atoms with Crippen molar-refractivity contribution in [3.8, 4) is 0 Å². The van der Waals surface area contributed by atoms with E-state index in [9.17, 15) is 63.1 Å². The van der Waals surface area contributed by atoms with Crippen molar-refractivity contribution in [3.05, 3.63) is 0 Å². The monoisotopic (exact) mass is 970 g/mol. The average Bonchev–Trinajstić information content (AvgIpc) is 3.20. The van der Waals surface area contributed by atoms with Crippen molar-refractivity contribution >= 4 is 35.4 Å². The Balaban J connectivity index is 2.74. The van der Waals surface area contributed by atoms with E-state index in [4.69, 9.17) is 18.5 Å². The number of phosphoric acid groups is 3. The van der Waals surface area contributed by atoms with Crippen LogP contribution in [0.4, 0.5) is 0 Å². The number of carbonyl (C=O) groups is 2. The topological polar surface area (TPSA) is 303 Å². The molecule has 1 unspecified atom stereocenters. The summed E-state index contributed by atoms with van der Waals surface area (Å²) in [6.07, 6.45) is 12.7. The first-order valence-electron chi connectivity index (χ1n) is 23.3. The van der Waals surface area contributed by atoms with E-state index in [1.807, 2.05) is 0 Å². The summed E-state index contributed by atoms with van der Waals surface area (Å²) in [4.78, 5) is 73.1. The van der Waals surface area contributed by atoms with E-state index >= 15 is 0 Å². The Morgan fingerprint density at radius 3 is 1.16 bits per heavy atom. The van der Waals surface area contributed by atoms with E-state index < -0.39 is 91.3 Å². The fraction of sp³-hybridized carbons (Fsp3) is 0.951. The van der Waals surface area contributed by atoms with Gasteiger partial charge in [-0.3, -0.25) is 27.7 Å². The summed E-state index contributed by atoms with van der Waals surface area (Å²) in [5.74, 6) is -1.28. The number of carbonyl (C=O) groups excluding carboxylic acids is 2. The number of phosphoric ester groups is 3. The predicted molar refractivity (Wildman–Crippen MR) is 234 cm³/mol. The molecule has 1 aliphatic rings. The Morgan fingerprint density at radius 1 is 0.444 bits per heavy atom. The molecule has 63 heavy (non-hydrogen) atoms. The largest absolute Gasteiger partial charge is 0.472 e. The van der Waals surface area contributed by atoms with E-state index in [-0.39, 0.29) is 12.8 Å². The SMILES string of the molecule is CCCCCCCCCCCCCCCC(=O)OC[C@H](COP(=O)(O)O[C@H]1[C@H](O)[C@@H](O)[C@H](OP(=O)(O)O)[C@@H](OP(=O)(O)O)[C@H]1O)OC(=O)CCCCCCCCCCCCCCC. The second kappa shape index (κ2) is 34.4. The standard InChI is InChI=1S/C41H81O19P3/c1-3-5-7-9-11-13-15-17-19-21-23-25-27-29-34(42)55-31-33(57-35(43)30-28-26-24-22-20-18-16-14-12-10-8-6-4-2)32-56-63(53,54)60-39-36(44)37(45)40(58-61(47,48)49)41(38(39)46)59-62(50,51)52/h33,36-41,44-46H,3-32H2,1-2H3,(H,53,54)(H2,47,48,49)(H2,50,51,52)/t33-,36-,37-,38+,39+,40+,41+/m1/s1. The van der Waals surface area contributed by atoms with Crippen molar-refractivity contribution in [1.82, 2.24) is 0 Å². The van der Waals surface area contributed by atoms with E-state index in [1.54, 1.807) is 0 Å². The van der Waals surface area contributed by atoms with Crippen LogP contribution in [0.25, 0.3) is 0 Å². The molecule has 0 saturated heterocycles. The molecule has 374 valence electrons. The van der Waals surface area contributed by atoms with E-state index in [0.717, 1.165) is 51.4 Å². The molecule has 0 amide bonds. The van der Waals surface area contributed by atoms with Gasteiger partial charge in [-0.2, -0.15) is 0 Å². The fourth-order valence-electron chi connectivity index (χ4n) is 7.41. The maximum absolute atomic E-state index is 13.1. The Morgan fingerprint density at radius 2 is 0.778 bits per heavy atom. The highest BCUT2D eigenvalue weighted by Crippen LogP contribution is 2.51. The van der Waals surface area contributed by atoms with Crippen LogP contribution in [-0.2, 0) is 50.9 Å². The molecule has 0 aromatic carbocycles. The lowest BCUT2D eigenvalue weighted by Gasteiger charge is -2.44. The van der Waals surface area contributed by atoms with Crippen LogP contribution in [0, 0.1) is 0 Å². The minimum atomic E-state index is -5.59. The fourth-order valence-corrected chi connectivity index (χ4v) is 9.50. The van der Waals surface area contributed by atoms with Gasteiger partial charge >= 0.3 is 35.4 Å². The Kier molecular flexibility index (Phi) is 32.9. The van der Waals surface area contributed by atoms with Crippen LogP contribution in [0.15, 0.2) is 0 Å². The number of esters is 2. The molecule has 0 spiro atoms. The van der Waals surface area contributed by atoms with E-state index in [1.165, 1.54) is 103 Å². The lowest BCUT2D eigenvalue weighted by molar-refractivity contribution is -0.213. The number of aliphatic hydroxyl groups is 3. The Hall–Kier alpha value is -0.850. The van der Waals surface area contributed by atoms with Gasteiger partial charge in [-0.05, 0) is 12.8 Å². The third-order valence-electron chi connectivity index (χ3n) is 10.9. The maximum atomic E-state index is 13.1. The van der Waals surface area contributed by atoms with Gasteiger partial charge in [0.15, 0.2) is 6.10 Å². The maximum Gasteiger partial charge on any atom is 0.472 e. The molecule has 22 heteroatoms. The Labute approximate surface area is 374 Å². The quantitative estimate of drug-likeness (QED) is 0.0164. The lowest BCUT2D eigenvalue weighted by Crippen LogP contribution is -2.65. The molecule has 0 aromatic heterocycles. The minimum Gasteiger partial charge on any atom is -0.462 e. The van der Waals surface area contributed by atoms with Gasteiger partial charge in [-0.15, -0.1) is 0 Å². The van der Waals surface area contributed by atoms with Gasteiger partial charge < -0.3 is 49.3 Å². The summed E-state index contributed by atoms with van der Waals surface area (Å²) >= 11 is 0. The summed E-state index contributed by atoms with van der Waals surface area (Å²) in [5, 5.41) is 31.8. The average molecular weight is 971 g/mol. The molecule has 0 aromatic rings. The number of hydrogen-bond donors (Lipinski definition) is 8. The molecule has 19 nitrogen and oxygen atoms in total. The normalized spacial score (nSPS) is 22.1. The molecule has 1 fully saturated rings. The van der Waals surface area contributed by atoms with E-state index in [0.29, 0.717) is 12.8 Å². The lowest BCUT2D eigenvalue weighted by atomic mass is 9.85. The van der Waals surface area contributed by atoms with Crippen LogP contribution >= 0.6 is 23.5 Å². The molecular formula is C41H81O19P3. The zero-order valence-corrected chi connectivity index (χ0v) is 40.3. The Bertz CT molecular complexity index is 1350. The van der Waals surface area contributed by atoms with Crippen molar-refractivity contribution in [1.29, 1.82) is 0 Å². The highest BCUT2D eigenvalue weighted by Gasteiger charge is 2.56. The highest BCUT2D eigenvalue weighted by molar-refractivity contribution is 7.47.